The second-order valence-corrected chi connectivity index (χ2v) is 4.55. The molecule has 6 heteroatoms. The van der Waals surface area contributed by atoms with Crippen molar-refractivity contribution in [3.05, 3.63) is 18.6 Å². The van der Waals surface area contributed by atoms with Gasteiger partial charge in [0.25, 0.3) is 0 Å². The van der Waals surface area contributed by atoms with Crippen molar-refractivity contribution in [1.29, 1.82) is 0 Å². The molecule has 1 N–H and O–H groups in total. The SMILES string of the molecule is Cn1cnc2c(N3CCCC3C(=O)O)nccc21. The number of hydrogen-bond acceptors (Lipinski definition) is 4. The minimum absolute atomic E-state index is 0.481. The van der Waals surface area contributed by atoms with E-state index in [9.17, 15) is 9.90 Å². The number of rotatable bonds is 2. The molecule has 1 atom stereocenters. The Kier molecular flexibility index (Phi) is 2.43. The number of imidazole rings is 1. The summed E-state index contributed by atoms with van der Waals surface area (Å²) in [5, 5.41) is 9.23. The standard InChI is InChI=1S/C12H14N4O2/c1-15-7-14-10-8(15)4-5-13-11(10)16-6-2-3-9(16)12(17)18/h4-5,7,9H,2-3,6H2,1H3,(H,17,18). The summed E-state index contributed by atoms with van der Waals surface area (Å²) >= 11 is 0. The second-order valence-electron chi connectivity index (χ2n) is 4.55. The predicted molar refractivity (Wildman–Crippen MR) is 66.5 cm³/mol. The number of aliphatic carboxylic acids is 1. The Labute approximate surface area is 104 Å². The van der Waals surface area contributed by atoms with Gasteiger partial charge in [0.05, 0.1) is 11.8 Å². The van der Waals surface area contributed by atoms with E-state index in [1.54, 1.807) is 12.5 Å². The van der Waals surface area contributed by atoms with Crippen LogP contribution in [0.15, 0.2) is 18.6 Å². The van der Waals surface area contributed by atoms with E-state index in [-0.39, 0.29) is 0 Å². The van der Waals surface area contributed by atoms with Crippen LogP contribution in [0.4, 0.5) is 5.82 Å². The number of carbonyl (C=O) groups is 1. The number of hydrogen-bond donors (Lipinski definition) is 1. The molecular weight excluding hydrogens is 232 g/mol. The molecule has 94 valence electrons. The summed E-state index contributed by atoms with van der Waals surface area (Å²) in [5.74, 6) is -0.111. The zero-order chi connectivity index (χ0) is 12.7. The van der Waals surface area contributed by atoms with Gasteiger partial charge in [-0.2, -0.15) is 0 Å². The zero-order valence-electron chi connectivity index (χ0n) is 10.1. The smallest absolute Gasteiger partial charge is 0.326 e. The van der Waals surface area contributed by atoms with E-state index >= 15 is 0 Å². The highest BCUT2D eigenvalue weighted by Crippen LogP contribution is 2.29. The Morgan fingerprint density at radius 3 is 3.11 bits per heavy atom. The average molecular weight is 246 g/mol. The molecule has 3 heterocycles. The highest BCUT2D eigenvalue weighted by Gasteiger charge is 2.32. The summed E-state index contributed by atoms with van der Waals surface area (Å²) < 4.78 is 1.91. The van der Waals surface area contributed by atoms with E-state index in [0.717, 1.165) is 24.0 Å². The van der Waals surface area contributed by atoms with Crippen molar-refractivity contribution < 1.29 is 9.90 Å². The second kappa shape index (κ2) is 3.97. The third-order valence-electron chi connectivity index (χ3n) is 3.43. The largest absolute Gasteiger partial charge is 0.480 e. The van der Waals surface area contributed by atoms with E-state index in [2.05, 4.69) is 9.97 Å². The molecule has 18 heavy (non-hydrogen) atoms. The van der Waals surface area contributed by atoms with Crippen molar-refractivity contribution in [2.24, 2.45) is 7.05 Å². The number of carboxylic acids is 1. The first-order valence-corrected chi connectivity index (χ1v) is 5.94. The van der Waals surface area contributed by atoms with Crippen LogP contribution in [0.5, 0.6) is 0 Å². The highest BCUT2D eigenvalue weighted by molar-refractivity contribution is 5.89. The lowest BCUT2D eigenvalue weighted by Gasteiger charge is -2.22. The predicted octanol–water partition coefficient (Wildman–Crippen LogP) is 1.02. The third kappa shape index (κ3) is 1.53. The molecule has 0 saturated carbocycles. The van der Waals surface area contributed by atoms with Gasteiger partial charge in [0.1, 0.15) is 11.6 Å². The number of carboxylic acid groups (broad SMARTS) is 1. The molecule has 1 fully saturated rings. The van der Waals surface area contributed by atoms with Crippen LogP contribution >= 0.6 is 0 Å². The normalized spacial score (nSPS) is 19.6. The monoisotopic (exact) mass is 246 g/mol. The zero-order valence-corrected chi connectivity index (χ0v) is 10.1. The number of anilines is 1. The fraction of sp³-hybridized carbons (Fsp3) is 0.417. The van der Waals surface area contributed by atoms with Crippen LogP contribution in [-0.2, 0) is 11.8 Å². The summed E-state index contributed by atoms with van der Waals surface area (Å²) in [6.07, 6.45) is 4.97. The van der Waals surface area contributed by atoms with Crippen molar-refractivity contribution in [2.75, 3.05) is 11.4 Å². The molecule has 2 aromatic rings. The van der Waals surface area contributed by atoms with E-state index in [1.807, 2.05) is 22.6 Å². The van der Waals surface area contributed by atoms with Gasteiger partial charge in [-0.05, 0) is 18.9 Å². The van der Waals surface area contributed by atoms with Gasteiger partial charge in [-0.3, -0.25) is 0 Å². The first-order chi connectivity index (χ1) is 8.68. The third-order valence-corrected chi connectivity index (χ3v) is 3.43. The van der Waals surface area contributed by atoms with Crippen LogP contribution in [0, 0.1) is 0 Å². The van der Waals surface area contributed by atoms with Crippen molar-refractivity contribution in [1.82, 2.24) is 14.5 Å². The van der Waals surface area contributed by atoms with Gasteiger partial charge in [0.15, 0.2) is 5.82 Å². The van der Waals surface area contributed by atoms with Crippen molar-refractivity contribution in [3.63, 3.8) is 0 Å². The molecule has 0 radical (unpaired) electrons. The summed E-state index contributed by atoms with van der Waals surface area (Å²) in [4.78, 5) is 21.7. The molecule has 0 aliphatic carbocycles. The number of pyridine rings is 1. The molecule has 0 spiro atoms. The van der Waals surface area contributed by atoms with E-state index in [4.69, 9.17) is 0 Å². The number of nitrogens with zero attached hydrogens (tertiary/aromatic N) is 4. The average Bonchev–Trinajstić information content (AvgIpc) is 2.96. The first-order valence-electron chi connectivity index (χ1n) is 5.94. The maximum atomic E-state index is 11.2. The quantitative estimate of drug-likeness (QED) is 0.856. The molecule has 0 amide bonds. The fourth-order valence-electron chi connectivity index (χ4n) is 2.54. The maximum absolute atomic E-state index is 11.2. The Balaban J connectivity index is 2.11. The van der Waals surface area contributed by atoms with Crippen molar-refractivity contribution >= 4 is 22.8 Å². The maximum Gasteiger partial charge on any atom is 0.326 e. The van der Waals surface area contributed by atoms with Gasteiger partial charge in [-0.15, -0.1) is 0 Å². The number of aromatic nitrogens is 3. The molecule has 3 rings (SSSR count). The lowest BCUT2D eigenvalue weighted by molar-refractivity contribution is -0.138. The number of aryl methyl sites for hydroxylation is 1. The Hall–Kier alpha value is -2.11. The van der Waals surface area contributed by atoms with Gasteiger partial charge in [-0.1, -0.05) is 0 Å². The summed E-state index contributed by atoms with van der Waals surface area (Å²) in [6, 6.07) is 1.41. The van der Waals surface area contributed by atoms with Crippen LogP contribution in [0.25, 0.3) is 11.0 Å². The molecule has 0 bridgehead atoms. The highest BCUT2D eigenvalue weighted by atomic mass is 16.4. The lowest BCUT2D eigenvalue weighted by atomic mass is 10.2. The molecule has 1 saturated heterocycles. The van der Waals surface area contributed by atoms with Gasteiger partial charge in [0, 0.05) is 19.8 Å². The Morgan fingerprint density at radius 1 is 1.50 bits per heavy atom. The molecule has 0 aromatic carbocycles. The topological polar surface area (TPSA) is 71.2 Å². The Bertz CT molecular complexity index is 607. The Morgan fingerprint density at radius 2 is 2.33 bits per heavy atom. The van der Waals surface area contributed by atoms with Crippen molar-refractivity contribution in [3.8, 4) is 0 Å². The van der Waals surface area contributed by atoms with Crippen LogP contribution in [0.3, 0.4) is 0 Å². The molecule has 1 aliphatic heterocycles. The molecular formula is C12H14N4O2. The fourth-order valence-corrected chi connectivity index (χ4v) is 2.54. The molecule has 6 nitrogen and oxygen atoms in total. The minimum atomic E-state index is -0.790. The minimum Gasteiger partial charge on any atom is -0.480 e. The van der Waals surface area contributed by atoms with Crippen LogP contribution in [-0.4, -0.2) is 38.2 Å². The van der Waals surface area contributed by atoms with Crippen LogP contribution in [0.1, 0.15) is 12.8 Å². The lowest BCUT2D eigenvalue weighted by Crippen LogP contribution is -2.36. The molecule has 1 aliphatic rings. The van der Waals surface area contributed by atoms with Gasteiger partial charge in [0.2, 0.25) is 0 Å². The van der Waals surface area contributed by atoms with Crippen LogP contribution in [0.2, 0.25) is 0 Å². The van der Waals surface area contributed by atoms with E-state index in [0.29, 0.717) is 12.2 Å². The van der Waals surface area contributed by atoms with Crippen molar-refractivity contribution in [2.45, 2.75) is 18.9 Å². The van der Waals surface area contributed by atoms with Gasteiger partial charge >= 0.3 is 5.97 Å². The van der Waals surface area contributed by atoms with E-state index in [1.165, 1.54) is 0 Å². The number of fused-ring (bicyclic) bond motifs is 1. The molecule has 1 unspecified atom stereocenters. The molecule has 2 aromatic heterocycles. The first kappa shape index (κ1) is 11.0. The summed E-state index contributed by atoms with van der Waals surface area (Å²) in [5.41, 5.74) is 1.74. The van der Waals surface area contributed by atoms with Gasteiger partial charge in [-0.25, -0.2) is 14.8 Å². The summed E-state index contributed by atoms with van der Waals surface area (Å²) in [7, 11) is 1.91. The summed E-state index contributed by atoms with van der Waals surface area (Å²) in [6.45, 7) is 0.722. The van der Waals surface area contributed by atoms with Crippen LogP contribution < -0.4 is 4.90 Å². The van der Waals surface area contributed by atoms with E-state index < -0.39 is 12.0 Å². The van der Waals surface area contributed by atoms with Gasteiger partial charge < -0.3 is 14.6 Å².